The van der Waals surface area contributed by atoms with Crippen molar-refractivity contribution in [1.29, 1.82) is 0 Å². The molecular formula is C28H32ClNO12. The van der Waals surface area contributed by atoms with Gasteiger partial charge in [0.2, 0.25) is 5.78 Å². The SMILES string of the molecule is COc1cccc2c1C(=O)c1c(O)c3c(c(O)c1C2=O)C(OC)C(O)(C(=O)CO)CC3OC1CC(N)C(O)C(C)O1.Cl. The number of phenolic OH excluding ortho intramolecular Hbond substituents is 2. The Balaban J connectivity index is 0.00000405. The van der Waals surface area contributed by atoms with Crippen LogP contribution in [0.15, 0.2) is 18.2 Å². The third kappa shape index (κ3) is 4.57. The van der Waals surface area contributed by atoms with Crippen molar-refractivity contribution in [2.75, 3.05) is 20.8 Å². The van der Waals surface area contributed by atoms with E-state index in [2.05, 4.69) is 0 Å². The number of hydrogen-bond acceptors (Lipinski definition) is 13. The summed E-state index contributed by atoms with van der Waals surface area (Å²) in [6.45, 7) is 0.463. The second kappa shape index (κ2) is 11.5. The molecule has 1 aliphatic heterocycles. The third-order valence-electron chi connectivity index (χ3n) is 8.14. The Hall–Kier alpha value is -3.14. The molecule has 2 aromatic carbocycles. The van der Waals surface area contributed by atoms with E-state index in [1.807, 2.05) is 0 Å². The molecule has 0 aromatic heterocycles. The second-order valence-electron chi connectivity index (χ2n) is 10.4. The van der Waals surface area contributed by atoms with Gasteiger partial charge in [-0.25, -0.2) is 0 Å². The largest absolute Gasteiger partial charge is 0.507 e. The fourth-order valence-corrected chi connectivity index (χ4v) is 6.09. The second-order valence-corrected chi connectivity index (χ2v) is 10.4. The summed E-state index contributed by atoms with van der Waals surface area (Å²) in [7, 11) is 2.44. The summed E-state index contributed by atoms with van der Waals surface area (Å²) in [5, 5.41) is 54.6. The molecule has 7 atom stereocenters. The van der Waals surface area contributed by atoms with Gasteiger partial charge in [0, 0.05) is 42.7 Å². The van der Waals surface area contributed by atoms with Gasteiger partial charge >= 0.3 is 0 Å². The highest BCUT2D eigenvalue weighted by atomic mass is 35.5. The Kier molecular flexibility index (Phi) is 8.71. The van der Waals surface area contributed by atoms with Crippen molar-refractivity contribution < 1.29 is 58.9 Å². The molecule has 0 bridgehead atoms. The highest BCUT2D eigenvalue weighted by Crippen LogP contribution is 2.56. The summed E-state index contributed by atoms with van der Waals surface area (Å²) in [5.41, 5.74) is 1.66. The van der Waals surface area contributed by atoms with Crippen LogP contribution in [-0.2, 0) is 19.0 Å². The molecule has 1 fully saturated rings. The van der Waals surface area contributed by atoms with Crippen molar-refractivity contribution in [3.63, 3.8) is 0 Å². The lowest BCUT2D eigenvalue weighted by Crippen LogP contribution is -2.54. The maximum absolute atomic E-state index is 13.8. The van der Waals surface area contributed by atoms with Crippen molar-refractivity contribution in [2.24, 2.45) is 5.73 Å². The van der Waals surface area contributed by atoms with Crippen LogP contribution in [0.2, 0.25) is 0 Å². The molecule has 14 heteroatoms. The zero-order valence-corrected chi connectivity index (χ0v) is 23.7. The van der Waals surface area contributed by atoms with E-state index in [0.717, 1.165) is 7.11 Å². The number of ether oxygens (including phenoxy) is 4. The monoisotopic (exact) mass is 609 g/mol. The zero-order valence-electron chi connectivity index (χ0n) is 22.9. The van der Waals surface area contributed by atoms with Gasteiger partial charge in [-0.2, -0.15) is 0 Å². The minimum atomic E-state index is -2.50. The lowest BCUT2D eigenvalue weighted by atomic mass is 9.70. The molecule has 0 radical (unpaired) electrons. The quantitative estimate of drug-likeness (QED) is 0.211. The standard InChI is InChI=1S/C28H31NO12.ClH/c1-10-22(32)12(29)7-16(40-10)41-14-8-28(37,15(31)9-30)27(39-3)21-18(14)25(35)20-19(26(21)36)23(33)11-5-4-6-13(38-2)17(11)24(20)34;/h4-6,10,12,14,16,22,27,30,32,35-37H,7-9,29H2,1-3H3;1H. The van der Waals surface area contributed by atoms with Crippen LogP contribution in [0, 0.1) is 0 Å². The number of ketones is 3. The zero-order chi connectivity index (χ0) is 30.0. The highest BCUT2D eigenvalue weighted by molar-refractivity contribution is 6.31. The van der Waals surface area contributed by atoms with Crippen LogP contribution in [0.5, 0.6) is 17.2 Å². The van der Waals surface area contributed by atoms with E-state index in [1.165, 1.54) is 25.3 Å². The number of benzene rings is 2. The van der Waals surface area contributed by atoms with E-state index in [-0.39, 0.29) is 46.8 Å². The average Bonchev–Trinajstić information content (AvgIpc) is 2.95. The number of fused-ring (bicyclic) bond motifs is 3. The highest BCUT2D eigenvalue weighted by Gasteiger charge is 2.56. The number of hydrogen-bond donors (Lipinski definition) is 6. The van der Waals surface area contributed by atoms with E-state index in [4.69, 9.17) is 24.7 Å². The average molecular weight is 610 g/mol. The molecule has 42 heavy (non-hydrogen) atoms. The fraction of sp³-hybridized carbons (Fsp3) is 0.464. The first-order valence-corrected chi connectivity index (χ1v) is 12.9. The Morgan fingerprint density at radius 1 is 1.10 bits per heavy atom. The van der Waals surface area contributed by atoms with Crippen LogP contribution >= 0.6 is 12.4 Å². The third-order valence-corrected chi connectivity index (χ3v) is 8.14. The molecular weight excluding hydrogens is 578 g/mol. The molecule has 7 unspecified atom stereocenters. The van der Waals surface area contributed by atoms with Gasteiger partial charge in [-0.3, -0.25) is 14.4 Å². The lowest BCUT2D eigenvalue weighted by Gasteiger charge is -2.45. The van der Waals surface area contributed by atoms with Gasteiger partial charge in [0.25, 0.3) is 0 Å². The first-order valence-electron chi connectivity index (χ1n) is 12.9. The number of nitrogens with two attached hydrogens (primary N) is 1. The first-order chi connectivity index (χ1) is 19.4. The minimum absolute atomic E-state index is 0. The molecule has 228 valence electrons. The van der Waals surface area contributed by atoms with Gasteiger partial charge in [-0.1, -0.05) is 12.1 Å². The molecule has 7 N–H and O–H groups in total. The summed E-state index contributed by atoms with van der Waals surface area (Å²) < 4.78 is 22.5. The van der Waals surface area contributed by atoms with Gasteiger partial charge in [0.1, 0.15) is 30.0 Å². The Morgan fingerprint density at radius 3 is 2.33 bits per heavy atom. The van der Waals surface area contributed by atoms with E-state index in [1.54, 1.807) is 6.92 Å². The summed E-state index contributed by atoms with van der Waals surface area (Å²) in [6, 6.07) is 3.56. The van der Waals surface area contributed by atoms with E-state index < -0.39 is 95.4 Å². The number of phenols is 2. The molecule has 2 aliphatic carbocycles. The number of aliphatic hydroxyl groups excluding tert-OH is 2. The summed E-state index contributed by atoms with van der Waals surface area (Å²) in [4.78, 5) is 40.3. The number of aliphatic hydroxyl groups is 3. The Labute approximate surface area is 246 Å². The van der Waals surface area contributed by atoms with E-state index >= 15 is 0 Å². The normalized spacial score (nSPS) is 30.1. The lowest BCUT2D eigenvalue weighted by molar-refractivity contribution is -0.252. The molecule has 3 aliphatic rings. The predicted octanol–water partition coefficient (Wildman–Crippen LogP) is 0.568. The van der Waals surface area contributed by atoms with E-state index in [9.17, 15) is 39.9 Å². The first kappa shape index (κ1) is 31.8. The molecule has 0 saturated carbocycles. The van der Waals surface area contributed by atoms with Gasteiger partial charge in [-0.05, 0) is 13.0 Å². The van der Waals surface area contributed by atoms with Crippen molar-refractivity contribution in [2.45, 2.75) is 62.1 Å². The van der Waals surface area contributed by atoms with Crippen LogP contribution in [-0.4, -0.2) is 93.8 Å². The van der Waals surface area contributed by atoms with Gasteiger partial charge in [0.05, 0.1) is 42.1 Å². The minimum Gasteiger partial charge on any atom is -0.507 e. The van der Waals surface area contributed by atoms with Gasteiger partial charge in [0.15, 0.2) is 23.5 Å². The van der Waals surface area contributed by atoms with Crippen molar-refractivity contribution in [3.8, 4) is 17.2 Å². The number of carbonyl (C=O) groups excluding carboxylic acids is 3. The molecule has 0 spiro atoms. The van der Waals surface area contributed by atoms with Crippen LogP contribution in [0.4, 0.5) is 0 Å². The molecule has 1 saturated heterocycles. The van der Waals surface area contributed by atoms with Crippen LogP contribution in [0.1, 0.15) is 74.9 Å². The van der Waals surface area contributed by atoms with Crippen molar-refractivity contribution in [1.82, 2.24) is 0 Å². The van der Waals surface area contributed by atoms with Crippen LogP contribution in [0.25, 0.3) is 0 Å². The Bertz CT molecular complexity index is 1430. The smallest absolute Gasteiger partial charge is 0.202 e. The molecule has 2 aromatic rings. The summed E-state index contributed by atoms with van der Waals surface area (Å²) in [6.07, 6.45) is -6.60. The van der Waals surface area contributed by atoms with Gasteiger partial charge in [-0.15, -0.1) is 12.4 Å². The number of aromatic hydroxyl groups is 2. The van der Waals surface area contributed by atoms with Crippen LogP contribution in [0.3, 0.4) is 0 Å². The predicted molar refractivity (Wildman–Crippen MR) is 145 cm³/mol. The topological polar surface area (TPSA) is 215 Å². The number of Topliss-reactive ketones (excluding diaryl/α,β-unsaturated/α-hetero) is 1. The van der Waals surface area contributed by atoms with Crippen molar-refractivity contribution in [3.05, 3.63) is 51.6 Å². The fourth-order valence-electron chi connectivity index (χ4n) is 6.09. The van der Waals surface area contributed by atoms with Crippen molar-refractivity contribution >= 4 is 29.8 Å². The summed E-state index contributed by atoms with van der Waals surface area (Å²) >= 11 is 0. The molecule has 1 heterocycles. The summed E-state index contributed by atoms with van der Waals surface area (Å²) in [5.74, 6) is -4.18. The number of rotatable bonds is 6. The number of methoxy groups -OCH3 is 2. The molecule has 5 rings (SSSR count). The van der Waals surface area contributed by atoms with E-state index in [0.29, 0.717) is 0 Å². The molecule has 13 nitrogen and oxygen atoms in total. The molecule has 0 amide bonds. The number of halogens is 1. The van der Waals surface area contributed by atoms with Crippen LogP contribution < -0.4 is 10.5 Å². The van der Waals surface area contributed by atoms with Gasteiger partial charge < -0.3 is 50.2 Å². The maximum Gasteiger partial charge on any atom is 0.202 e. The number of carbonyl (C=O) groups is 3. The maximum atomic E-state index is 13.8. The Morgan fingerprint density at radius 2 is 1.74 bits per heavy atom.